The number of nitrogens with zero attached hydrogens (tertiary/aromatic N) is 1. The molecule has 0 fully saturated rings. The summed E-state index contributed by atoms with van der Waals surface area (Å²) in [6.07, 6.45) is -4.95. The largest absolute Gasteiger partial charge is 0.544 e. The van der Waals surface area contributed by atoms with E-state index in [0.29, 0.717) is 12.1 Å². The summed E-state index contributed by atoms with van der Waals surface area (Å²) < 4.78 is 43.5. The number of hydrogen-bond acceptors (Lipinski definition) is 6. The topological polar surface area (TPSA) is 92.5 Å². The molecule has 0 atom stereocenters. The fraction of sp³-hybridized carbons (Fsp3) is 0.0833. The maximum atomic E-state index is 12.8. The van der Waals surface area contributed by atoms with Crippen molar-refractivity contribution in [2.45, 2.75) is 6.18 Å². The third-order valence-corrected chi connectivity index (χ3v) is 3.39. The molecule has 1 aromatic carbocycles. The number of benzene rings is 1. The molecule has 2 rings (SSSR count). The molecule has 10 heteroatoms. The fourth-order valence-corrected chi connectivity index (χ4v) is 2.27. The van der Waals surface area contributed by atoms with Crippen LogP contribution in [-0.4, -0.2) is 10.9 Å². The minimum atomic E-state index is -4.95. The smallest absolute Gasteiger partial charge is 0.423 e. The zero-order valence-electron chi connectivity index (χ0n) is 10.4. The minimum absolute atomic E-state index is 0.202. The number of carbonyl (C=O) groups excluding carboxylic acids is 1. The van der Waals surface area contributed by atoms with Crippen molar-refractivity contribution in [2.75, 3.05) is 0 Å². The van der Waals surface area contributed by atoms with E-state index in [4.69, 9.17) is 4.74 Å². The summed E-state index contributed by atoms with van der Waals surface area (Å²) in [4.78, 5) is 20.0. The molecule has 0 radical (unpaired) electrons. The van der Waals surface area contributed by atoms with Gasteiger partial charge in [-0.2, -0.15) is 13.2 Å². The summed E-state index contributed by atoms with van der Waals surface area (Å²) >= 11 is 0.777. The zero-order valence-corrected chi connectivity index (χ0v) is 11.2. The van der Waals surface area contributed by atoms with Crippen molar-refractivity contribution in [3.8, 4) is 11.5 Å². The number of thiophene rings is 1. The number of rotatable bonds is 4. The minimum Gasteiger partial charge on any atom is -0.544 e. The molecule has 2 aromatic rings. The molecule has 0 N–H and O–H groups in total. The summed E-state index contributed by atoms with van der Waals surface area (Å²) in [6, 6.07) is 3.27. The predicted molar refractivity (Wildman–Crippen MR) is 66.8 cm³/mol. The number of halogens is 3. The van der Waals surface area contributed by atoms with E-state index >= 15 is 0 Å². The summed E-state index contributed by atoms with van der Waals surface area (Å²) in [6.45, 7) is 0. The molecule has 0 saturated carbocycles. The zero-order chi connectivity index (χ0) is 16.5. The molecule has 0 aliphatic carbocycles. The highest BCUT2D eigenvalue weighted by atomic mass is 32.1. The van der Waals surface area contributed by atoms with Gasteiger partial charge < -0.3 is 14.6 Å². The van der Waals surface area contributed by atoms with E-state index in [2.05, 4.69) is 0 Å². The Balaban J connectivity index is 2.43. The van der Waals surface area contributed by atoms with Crippen LogP contribution in [0.1, 0.15) is 15.2 Å². The molecule has 1 aromatic heterocycles. The summed E-state index contributed by atoms with van der Waals surface area (Å²) in [5.74, 6) is -2.12. The lowest BCUT2D eigenvalue weighted by atomic mass is 10.1. The Kier molecular flexibility index (Phi) is 4.04. The lowest BCUT2D eigenvalue weighted by molar-refractivity contribution is -0.388. The Labute approximate surface area is 124 Å². The van der Waals surface area contributed by atoms with Crippen LogP contribution in [0.4, 0.5) is 18.9 Å². The first kappa shape index (κ1) is 15.8. The number of carbonyl (C=O) groups is 1. The maximum absolute atomic E-state index is 12.8. The average molecular weight is 332 g/mol. The van der Waals surface area contributed by atoms with Crippen LogP contribution in [0, 0.1) is 10.1 Å². The van der Waals surface area contributed by atoms with Crippen LogP contribution in [0.25, 0.3) is 0 Å². The molecule has 0 spiro atoms. The van der Waals surface area contributed by atoms with E-state index in [1.165, 1.54) is 11.4 Å². The van der Waals surface area contributed by atoms with Gasteiger partial charge in [-0.15, -0.1) is 11.3 Å². The van der Waals surface area contributed by atoms with Crippen LogP contribution >= 0.6 is 11.3 Å². The Morgan fingerprint density at radius 3 is 2.50 bits per heavy atom. The average Bonchev–Trinajstić information content (AvgIpc) is 2.85. The number of carboxylic acids is 1. The monoisotopic (exact) mass is 332 g/mol. The number of aromatic carboxylic acids is 1. The number of hydrogen-bond donors (Lipinski definition) is 0. The third-order valence-electron chi connectivity index (χ3n) is 2.51. The first-order valence-electron chi connectivity index (χ1n) is 5.52. The standard InChI is InChI=1S/C12H6F3NO5S/c13-12(14,15)7-5-6(1-2-8(7)16(19)20)21-9-3-4-22-10(9)11(17)18/h1-5H,(H,17,18)/p-1. The van der Waals surface area contributed by atoms with Gasteiger partial charge in [-0.1, -0.05) is 0 Å². The van der Waals surface area contributed by atoms with E-state index in [1.807, 2.05) is 0 Å². The van der Waals surface area contributed by atoms with Gasteiger partial charge in [-0.05, 0) is 23.6 Å². The van der Waals surface area contributed by atoms with Crippen molar-refractivity contribution in [1.82, 2.24) is 0 Å². The first-order valence-corrected chi connectivity index (χ1v) is 6.40. The second-order valence-corrected chi connectivity index (χ2v) is 4.85. The third kappa shape index (κ3) is 3.17. The summed E-state index contributed by atoms with van der Waals surface area (Å²) in [5, 5.41) is 22.8. The Morgan fingerprint density at radius 1 is 1.27 bits per heavy atom. The van der Waals surface area contributed by atoms with Crippen LogP contribution in [-0.2, 0) is 6.18 Å². The fourth-order valence-electron chi connectivity index (χ4n) is 1.62. The van der Waals surface area contributed by atoms with Gasteiger partial charge in [-0.25, -0.2) is 0 Å². The van der Waals surface area contributed by atoms with E-state index in [9.17, 15) is 33.2 Å². The molecule has 0 aliphatic heterocycles. The van der Waals surface area contributed by atoms with E-state index in [0.717, 1.165) is 17.4 Å². The summed E-state index contributed by atoms with van der Waals surface area (Å²) in [5.41, 5.74) is -2.61. The number of nitro benzene ring substituents is 1. The number of ether oxygens (including phenoxy) is 1. The van der Waals surface area contributed by atoms with Crippen LogP contribution in [0.3, 0.4) is 0 Å². The number of carboxylic acid groups (broad SMARTS) is 1. The maximum Gasteiger partial charge on any atom is 0.423 e. The molecule has 0 amide bonds. The van der Waals surface area contributed by atoms with E-state index in [1.54, 1.807) is 0 Å². The van der Waals surface area contributed by atoms with E-state index in [-0.39, 0.29) is 16.4 Å². The molecule has 22 heavy (non-hydrogen) atoms. The van der Waals surface area contributed by atoms with Gasteiger partial charge in [0.15, 0.2) is 0 Å². The second-order valence-electron chi connectivity index (χ2n) is 3.94. The number of nitro groups is 1. The lowest BCUT2D eigenvalue weighted by Crippen LogP contribution is -2.21. The Hall–Kier alpha value is -2.62. The van der Waals surface area contributed by atoms with Crippen molar-refractivity contribution < 1.29 is 32.7 Å². The van der Waals surface area contributed by atoms with Crippen molar-refractivity contribution >= 4 is 23.0 Å². The molecular formula is C12H5F3NO5S-. The molecule has 0 unspecified atom stereocenters. The van der Waals surface area contributed by atoms with Gasteiger partial charge in [-0.3, -0.25) is 10.1 Å². The van der Waals surface area contributed by atoms with Crippen LogP contribution in [0.15, 0.2) is 29.6 Å². The molecule has 116 valence electrons. The van der Waals surface area contributed by atoms with Gasteiger partial charge in [0.25, 0.3) is 5.69 Å². The molecular weight excluding hydrogens is 327 g/mol. The second kappa shape index (κ2) is 5.64. The highest BCUT2D eigenvalue weighted by molar-refractivity contribution is 7.12. The van der Waals surface area contributed by atoms with Crippen molar-refractivity contribution in [2.24, 2.45) is 0 Å². The van der Waals surface area contributed by atoms with Gasteiger partial charge in [0.2, 0.25) is 0 Å². The lowest BCUT2D eigenvalue weighted by Gasteiger charge is -2.11. The SMILES string of the molecule is O=C([O-])c1sccc1Oc1ccc([N+](=O)[O-])c(C(F)(F)F)c1. The van der Waals surface area contributed by atoms with Gasteiger partial charge in [0.05, 0.1) is 15.8 Å². The van der Waals surface area contributed by atoms with Crippen LogP contribution in [0.2, 0.25) is 0 Å². The Morgan fingerprint density at radius 2 is 1.95 bits per heavy atom. The first-order chi connectivity index (χ1) is 10.2. The predicted octanol–water partition coefficient (Wildman–Crippen LogP) is 2.83. The molecule has 1 heterocycles. The van der Waals surface area contributed by atoms with E-state index < -0.39 is 28.3 Å². The molecule has 0 bridgehead atoms. The highest BCUT2D eigenvalue weighted by Gasteiger charge is 2.38. The van der Waals surface area contributed by atoms with Crippen LogP contribution in [0.5, 0.6) is 11.5 Å². The van der Waals surface area contributed by atoms with Gasteiger partial charge in [0.1, 0.15) is 17.1 Å². The molecule has 6 nitrogen and oxygen atoms in total. The Bertz CT molecular complexity index is 741. The quantitative estimate of drug-likeness (QED) is 0.634. The molecule has 0 saturated heterocycles. The van der Waals surface area contributed by atoms with Crippen molar-refractivity contribution in [3.05, 3.63) is 50.2 Å². The van der Waals surface area contributed by atoms with Gasteiger partial charge in [0, 0.05) is 6.07 Å². The van der Waals surface area contributed by atoms with Crippen molar-refractivity contribution in [1.29, 1.82) is 0 Å². The highest BCUT2D eigenvalue weighted by Crippen LogP contribution is 2.39. The normalized spacial score (nSPS) is 11.2. The van der Waals surface area contributed by atoms with Crippen molar-refractivity contribution in [3.63, 3.8) is 0 Å². The van der Waals surface area contributed by atoms with Gasteiger partial charge >= 0.3 is 6.18 Å². The summed E-state index contributed by atoms with van der Waals surface area (Å²) in [7, 11) is 0. The van der Waals surface area contributed by atoms with Crippen LogP contribution < -0.4 is 9.84 Å². The molecule has 0 aliphatic rings. The number of alkyl halides is 3.